The fourth-order valence-corrected chi connectivity index (χ4v) is 1.13. The minimum absolute atomic E-state index is 1.92. The highest BCUT2D eigenvalue weighted by atomic mass is 19.4. The van der Waals surface area contributed by atoms with E-state index in [2.05, 4.69) is 0 Å². The average molecular weight is 305 g/mol. The first-order valence-corrected chi connectivity index (χ1v) is 4.29. The van der Waals surface area contributed by atoms with Crippen molar-refractivity contribution in [3.8, 4) is 0 Å². The summed E-state index contributed by atoms with van der Waals surface area (Å²) in [7, 11) is 0. The molecular formula is C4H5F2N5O9. The third-order valence-corrected chi connectivity index (χ3v) is 2.31. The van der Waals surface area contributed by atoms with Gasteiger partial charge in [0, 0.05) is 0 Å². The van der Waals surface area contributed by atoms with Gasteiger partial charge in [0.2, 0.25) is 0 Å². The Morgan fingerprint density at radius 2 is 1.25 bits per heavy atom. The van der Waals surface area contributed by atoms with Crippen molar-refractivity contribution in [1.29, 1.82) is 0 Å². The van der Waals surface area contributed by atoms with Gasteiger partial charge >= 0.3 is 11.4 Å². The van der Waals surface area contributed by atoms with E-state index < -0.39 is 49.5 Å². The molecule has 0 radical (unpaired) electrons. The summed E-state index contributed by atoms with van der Waals surface area (Å²) >= 11 is 0. The standard InChI is InChI=1S/C4H5F2N5O9/c5-7(6)4(10(17)18,11(19)20)1-3(2-12,8(13)14)9(15)16/h12H,1-2H2. The molecule has 0 fully saturated rings. The van der Waals surface area contributed by atoms with Crippen LogP contribution in [-0.2, 0) is 0 Å². The molecular weight excluding hydrogens is 300 g/mol. The van der Waals surface area contributed by atoms with Crippen LogP contribution in [0.15, 0.2) is 0 Å². The maximum atomic E-state index is 12.5. The lowest BCUT2D eigenvalue weighted by molar-refractivity contribution is -0.879. The van der Waals surface area contributed by atoms with E-state index in [1.165, 1.54) is 0 Å². The lowest BCUT2D eigenvalue weighted by Crippen LogP contribution is -2.63. The van der Waals surface area contributed by atoms with Gasteiger partial charge in [-0.2, -0.15) is 0 Å². The summed E-state index contributed by atoms with van der Waals surface area (Å²) in [6.45, 7) is -2.07. The van der Waals surface area contributed by atoms with E-state index in [9.17, 15) is 49.4 Å². The van der Waals surface area contributed by atoms with Gasteiger partial charge in [0.1, 0.15) is 19.7 Å². The topological polar surface area (TPSA) is 196 Å². The fourth-order valence-electron chi connectivity index (χ4n) is 1.13. The Morgan fingerprint density at radius 3 is 1.40 bits per heavy atom. The second kappa shape index (κ2) is 5.57. The fraction of sp³-hybridized carbons (Fsp3) is 1.00. The van der Waals surface area contributed by atoms with Crippen molar-refractivity contribution in [3.63, 3.8) is 0 Å². The zero-order valence-electron chi connectivity index (χ0n) is 9.12. The van der Waals surface area contributed by atoms with Crippen molar-refractivity contribution in [2.75, 3.05) is 6.61 Å². The van der Waals surface area contributed by atoms with Gasteiger partial charge in [-0.3, -0.25) is 40.5 Å². The average Bonchev–Trinajstić information content (AvgIpc) is 2.28. The summed E-state index contributed by atoms with van der Waals surface area (Å²) in [5, 5.41) is 48.0. The second-order valence-corrected chi connectivity index (χ2v) is 3.35. The number of rotatable bonds is 8. The highest BCUT2D eigenvalue weighted by Gasteiger charge is 2.77. The first-order chi connectivity index (χ1) is 8.98. The van der Waals surface area contributed by atoms with Crippen molar-refractivity contribution >= 4 is 0 Å². The van der Waals surface area contributed by atoms with Crippen molar-refractivity contribution in [2.24, 2.45) is 0 Å². The van der Waals surface area contributed by atoms with Crippen LogP contribution in [0, 0.1) is 40.5 Å². The highest BCUT2D eigenvalue weighted by Crippen LogP contribution is 2.31. The number of hydrogen-bond donors (Lipinski definition) is 1. The minimum Gasteiger partial charge on any atom is -0.382 e. The van der Waals surface area contributed by atoms with Crippen molar-refractivity contribution in [2.45, 2.75) is 17.9 Å². The summed E-state index contributed by atoms with van der Waals surface area (Å²) in [5.41, 5.74) is -3.93. The molecule has 0 rings (SSSR count). The predicted octanol–water partition coefficient (Wildman–Crippen LogP) is -1.10. The molecule has 0 unspecified atom stereocenters. The van der Waals surface area contributed by atoms with Crippen molar-refractivity contribution in [1.82, 2.24) is 5.34 Å². The predicted molar refractivity (Wildman–Crippen MR) is 49.2 cm³/mol. The number of aliphatic hydroxyl groups excluding tert-OH is 1. The third kappa shape index (κ3) is 2.40. The van der Waals surface area contributed by atoms with Gasteiger partial charge in [-0.1, -0.05) is 8.96 Å². The Bertz CT molecular complexity index is 426. The van der Waals surface area contributed by atoms with Crippen LogP contribution < -0.4 is 0 Å². The van der Waals surface area contributed by atoms with Gasteiger partial charge in [0.25, 0.3) is 6.42 Å². The van der Waals surface area contributed by atoms with Gasteiger partial charge in [-0.25, -0.2) is 0 Å². The molecule has 20 heavy (non-hydrogen) atoms. The monoisotopic (exact) mass is 305 g/mol. The Labute approximate surface area is 105 Å². The van der Waals surface area contributed by atoms with Crippen LogP contribution in [0.25, 0.3) is 0 Å². The second-order valence-electron chi connectivity index (χ2n) is 3.35. The summed E-state index contributed by atoms with van der Waals surface area (Å²) in [6.07, 6.45) is -2.50. The number of halogens is 2. The largest absolute Gasteiger partial charge is 0.589 e. The SMILES string of the molecule is O=[N+]([O-])C(CO)(CC(N(F)F)([N+](=O)[O-])[N+](=O)[O-])[N+](=O)[O-]. The smallest absolute Gasteiger partial charge is 0.382 e. The zero-order chi connectivity index (χ0) is 16.3. The van der Waals surface area contributed by atoms with Gasteiger partial charge in [0.05, 0.1) is 0 Å². The summed E-state index contributed by atoms with van der Waals surface area (Å²) in [5.74, 6) is -4.65. The molecule has 0 atom stereocenters. The Morgan fingerprint density at radius 1 is 0.900 bits per heavy atom. The lowest BCUT2D eigenvalue weighted by atomic mass is 10.0. The normalized spacial score (nSPS) is 12.2. The maximum Gasteiger partial charge on any atom is 0.589 e. The quantitative estimate of drug-likeness (QED) is 0.248. The van der Waals surface area contributed by atoms with E-state index in [-0.39, 0.29) is 0 Å². The van der Waals surface area contributed by atoms with Gasteiger partial charge < -0.3 is 5.11 Å². The van der Waals surface area contributed by atoms with Gasteiger partial charge in [0.15, 0.2) is 12.0 Å². The molecule has 16 heteroatoms. The summed E-state index contributed by atoms with van der Waals surface area (Å²) in [6, 6.07) is 0. The first kappa shape index (κ1) is 17.4. The van der Waals surface area contributed by atoms with Gasteiger partial charge in [-0.05, 0) is 0 Å². The molecule has 0 bridgehead atoms. The molecule has 0 aromatic carbocycles. The number of nitro groups is 4. The minimum atomic E-state index is -4.65. The molecule has 0 amide bonds. The van der Waals surface area contributed by atoms with Crippen LogP contribution >= 0.6 is 0 Å². The van der Waals surface area contributed by atoms with Crippen LogP contribution in [-0.4, -0.2) is 48.2 Å². The van der Waals surface area contributed by atoms with Crippen LogP contribution in [0.1, 0.15) is 6.42 Å². The zero-order valence-corrected chi connectivity index (χ0v) is 9.12. The van der Waals surface area contributed by atoms with E-state index in [4.69, 9.17) is 5.11 Å². The molecule has 0 aliphatic carbocycles. The third-order valence-electron chi connectivity index (χ3n) is 2.31. The molecule has 0 saturated carbocycles. The lowest BCUT2D eigenvalue weighted by Gasteiger charge is -2.20. The van der Waals surface area contributed by atoms with Crippen LogP contribution in [0.3, 0.4) is 0 Å². The van der Waals surface area contributed by atoms with Crippen LogP contribution in [0.2, 0.25) is 0 Å². The van der Waals surface area contributed by atoms with E-state index >= 15 is 0 Å². The van der Waals surface area contributed by atoms with Crippen molar-refractivity contribution < 1.29 is 33.8 Å². The molecule has 114 valence electrons. The molecule has 0 aromatic heterocycles. The van der Waals surface area contributed by atoms with Crippen LogP contribution in [0.4, 0.5) is 8.96 Å². The molecule has 0 aliphatic heterocycles. The van der Waals surface area contributed by atoms with Crippen LogP contribution in [0.5, 0.6) is 0 Å². The molecule has 0 aromatic rings. The number of aliphatic hydroxyl groups is 1. The molecule has 0 spiro atoms. The Kier molecular flexibility index (Phi) is 4.84. The molecule has 0 saturated heterocycles. The Balaban J connectivity index is 6.12. The Hall–Kier alpha value is -2.62. The van der Waals surface area contributed by atoms with Gasteiger partial charge in [-0.15, -0.1) is 0 Å². The summed E-state index contributed by atoms with van der Waals surface area (Å²) in [4.78, 5) is 33.7. The molecule has 1 N–H and O–H groups in total. The highest BCUT2D eigenvalue weighted by molar-refractivity contribution is 4.74. The van der Waals surface area contributed by atoms with E-state index in [1.54, 1.807) is 0 Å². The first-order valence-electron chi connectivity index (χ1n) is 4.29. The maximum absolute atomic E-state index is 12.5. The number of nitrogens with zero attached hydrogens (tertiary/aromatic N) is 5. The van der Waals surface area contributed by atoms with E-state index in [1.807, 2.05) is 0 Å². The number of hydrogen-bond acceptors (Lipinski definition) is 10. The molecule has 14 nitrogen and oxygen atoms in total. The summed E-state index contributed by atoms with van der Waals surface area (Å²) < 4.78 is 24.9. The van der Waals surface area contributed by atoms with E-state index in [0.29, 0.717) is 0 Å². The van der Waals surface area contributed by atoms with Crippen molar-refractivity contribution in [3.05, 3.63) is 40.5 Å². The molecule has 0 aliphatic rings. The molecule has 0 heterocycles. The van der Waals surface area contributed by atoms with E-state index in [0.717, 1.165) is 0 Å².